The van der Waals surface area contributed by atoms with Gasteiger partial charge in [-0.05, 0) is 42.5 Å². The van der Waals surface area contributed by atoms with E-state index in [2.05, 4.69) is 5.32 Å². The van der Waals surface area contributed by atoms with E-state index in [1.165, 1.54) is 50.5 Å². The van der Waals surface area contributed by atoms with E-state index >= 15 is 0 Å². The highest BCUT2D eigenvalue weighted by Gasteiger charge is 2.35. The van der Waals surface area contributed by atoms with Gasteiger partial charge in [0.15, 0.2) is 6.10 Å². The minimum absolute atomic E-state index is 0.111. The molecular formula is C20H24ClN3O7S2. The number of sulfonamides is 2. The third-order valence-corrected chi connectivity index (χ3v) is 7.97. The molecule has 13 heteroatoms. The van der Waals surface area contributed by atoms with E-state index in [4.69, 9.17) is 21.1 Å². The van der Waals surface area contributed by atoms with Crippen LogP contribution in [0.4, 0.5) is 5.69 Å². The number of hydrogen-bond donors (Lipinski definition) is 1. The normalized spacial score (nSPS) is 16.2. The number of rotatable bonds is 8. The summed E-state index contributed by atoms with van der Waals surface area (Å²) in [4.78, 5) is 12.7. The number of amides is 1. The SMILES string of the molecule is CN(C)S(=O)(=O)c1ccc(OCCNC(=O)[C@@H]2CN(S(C)(=O)=O)c3cc(Cl)ccc3O2)cc1. The predicted molar refractivity (Wildman–Crippen MR) is 124 cm³/mol. The number of nitrogens with one attached hydrogen (secondary N) is 1. The fourth-order valence-corrected chi connectivity index (χ4v) is 5.02. The molecule has 1 N–H and O–H groups in total. The zero-order valence-corrected chi connectivity index (χ0v) is 20.6. The van der Waals surface area contributed by atoms with Crippen molar-refractivity contribution in [2.75, 3.05) is 44.4 Å². The molecule has 0 bridgehead atoms. The maximum atomic E-state index is 12.6. The van der Waals surface area contributed by atoms with Crippen LogP contribution in [-0.4, -0.2) is 73.2 Å². The molecule has 10 nitrogen and oxygen atoms in total. The molecule has 3 rings (SSSR count). The van der Waals surface area contributed by atoms with Crippen molar-refractivity contribution in [2.45, 2.75) is 11.0 Å². The first kappa shape index (κ1) is 25.1. The standard InChI is InChI=1S/C20H24ClN3O7S2/c1-23(2)33(28,29)16-7-5-15(6-8-16)30-11-10-22-20(25)19-13-24(32(3,26)27)17-12-14(21)4-9-18(17)31-19/h4-9,12,19H,10-11,13H2,1-3H3,(H,22,25)/t19-/m0/s1. The number of benzene rings is 2. The number of nitrogens with zero attached hydrogens (tertiary/aromatic N) is 2. The number of carbonyl (C=O) groups excluding carboxylic acids is 1. The second kappa shape index (κ2) is 9.75. The van der Waals surface area contributed by atoms with Crippen LogP contribution in [0.3, 0.4) is 0 Å². The van der Waals surface area contributed by atoms with E-state index in [1.807, 2.05) is 0 Å². The van der Waals surface area contributed by atoms with Gasteiger partial charge in [0.2, 0.25) is 20.0 Å². The molecule has 1 atom stereocenters. The van der Waals surface area contributed by atoms with Crippen molar-refractivity contribution in [3.63, 3.8) is 0 Å². The van der Waals surface area contributed by atoms with Crippen molar-refractivity contribution in [1.82, 2.24) is 9.62 Å². The summed E-state index contributed by atoms with van der Waals surface area (Å²) < 4.78 is 62.0. The van der Waals surface area contributed by atoms with Crippen LogP contribution >= 0.6 is 11.6 Å². The number of halogens is 1. The Bertz CT molecular complexity index is 1230. The molecule has 0 saturated heterocycles. The van der Waals surface area contributed by atoms with Crippen LogP contribution in [0, 0.1) is 0 Å². The lowest BCUT2D eigenvalue weighted by molar-refractivity contribution is -0.127. The van der Waals surface area contributed by atoms with Crippen LogP contribution < -0.4 is 19.1 Å². The van der Waals surface area contributed by atoms with Crippen molar-refractivity contribution >= 4 is 43.2 Å². The largest absolute Gasteiger partial charge is 0.492 e. The zero-order chi connectivity index (χ0) is 24.4. The minimum Gasteiger partial charge on any atom is -0.492 e. The Morgan fingerprint density at radius 3 is 2.45 bits per heavy atom. The monoisotopic (exact) mass is 517 g/mol. The predicted octanol–water partition coefficient (Wildman–Crippen LogP) is 1.31. The van der Waals surface area contributed by atoms with Gasteiger partial charge in [-0.25, -0.2) is 21.1 Å². The molecule has 180 valence electrons. The van der Waals surface area contributed by atoms with E-state index in [9.17, 15) is 21.6 Å². The molecule has 0 fully saturated rings. The number of carbonyl (C=O) groups is 1. The molecule has 0 spiro atoms. The zero-order valence-electron chi connectivity index (χ0n) is 18.2. The summed E-state index contributed by atoms with van der Waals surface area (Å²) in [6, 6.07) is 10.4. The molecule has 33 heavy (non-hydrogen) atoms. The molecule has 0 aromatic heterocycles. The third kappa shape index (κ3) is 5.88. The van der Waals surface area contributed by atoms with Crippen LogP contribution in [0.1, 0.15) is 0 Å². The first-order valence-electron chi connectivity index (χ1n) is 9.76. The number of fused-ring (bicyclic) bond motifs is 1. The van der Waals surface area contributed by atoms with E-state index in [0.29, 0.717) is 10.8 Å². The van der Waals surface area contributed by atoms with Crippen molar-refractivity contribution < 1.29 is 31.1 Å². The van der Waals surface area contributed by atoms with Gasteiger partial charge >= 0.3 is 0 Å². The Kier molecular flexibility index (Phi) is 7.42. The Labute approximate surface area is 198 Å². The molecule has 2 aromatic carbocycles. The van der Waals surface area contributed by atoms with Gasteiger partial charge in [-0.3, -0.25) is 9.10 Å². The number of hydrogen-bond acceptors (Lipinski definition) is 7. The smallest absolute Gasteiger partial charge is 0.263 e. The second-order valence-electron chi connectivity index (χ2n) is 7.41. The third-order valence-electron chi connectivity index (χ3n) is 4.76. The van der Waals surface area contributed by atoms with Crippen molar-refractivity contribution in [1.29, 1.82) is 0 Å². The Hall–Kier alpha value is -2.54. The molecule has 1 aliphatic heterocycles. The van der Waals surface area contributed by atoms with Crippen LogP contribution in [0.15, 0.2) is 47.4 Å². The highest BCUT2D eigenvalue weighted by atomic mass is 35.5. The van der Waals surface area contributed by atoms with Gasteiger partial charge < -0.3 is 14.8 Å². The highest BCUT2D eigenvalue weighted by Crippen LogP contribution is 2.37. The van der Waals surface area contributed by atoms with Gasteiger partial charge in [-0.15, -0.1) is 0 Å². The summed E-state index contributed by atoms with van der Waals surface area (Å²) in [6.07, 6.45) is -0.00940. The van der Waals surface area contributed by atoms with E-state index in [1.54, 1.807) is 6.07 Å². The maximum Gasteiger partial charge on any atom is 0.263 e. The summed E-state index contributed by atoms with van der Waals surface area (Å²) >= 11 is 5.97. The van der Waals surface area contributed by atoms with Crippen molar-refractivity contribution in [3.05, 3.63) is 47.5 Å². The van der Waals surface area contributed by atoms with Crippen LogP contribution in [0.5, 0.6) is 11.5 Å². The van der Waals surface area contributed by atoms with Crippen molar-refractivity contribution in [2.24, 2.45) is 0 Å². The Morgan fingerprint density at radius 1 is 1.18 bits per heavy atom. The number of ether oxygens (including phenoxy) is 2. The molecule has 2 aromatic rings. The van der Waals surface area contributed by atoms with Gasteiger partial charge in [0.05, 0.1) is 29.9 Å². The van der Waals surface area contributed by atoms with Gasteiger partial charge in [0.1, 0.15) is 18.1 Å². The van der Waals surface area contributed by atoms with Crippen LogP contribution in [0.25, 0.3) is 0 Å². The lowest BCUT2D eigenvalue weighted by Gasteiger charge is -2.34. The van der Waals surface area contributed by atoms with E-state index < -0.39 is 32.1 Å². The summed E-state index contributed by atoms with van der Waals surface area (Å²) in [5.74, 6) is 0.172. The highest BCUT2D eigenvalue weighted by molar-refractivity contribution is 7.92. The summed E-state index contributed by atoms with van der Waals surface area (Å²) in [7, 11) is -4.30. The Balaban J connectivity index is 1.56. The lowest BCUT2D eigenvalue weighted by atomic mass is 10.2. The van der Waals surface area contributed by atoms with Crippen molar-refractivity contribution in [3.8, 4) is 11.5 Å². The molecule has 0 aliphatic carbocycles. The van der Waals surface area contributed by atoms with Gasteiger partial charge in [0.25, 0.3) is 5.91 Å². The average molecular weight is 518 g/mol. The average Bonchev–Trinajstić information content (AvgIpc) is 2.75. The van der Waals surface area contributed by atoms with Gasteiger partial charge in [-0.2, -0.15) is 0 Å². The molecule has 1 aliphatic rings. The second-order valence-corrected chi connectivity index (χ2v) is 11.9. The molecule has 0 radical (unpaired) electrons. The summed E-state index contributed by atoms with van der Waals surface area (Å²) in [5, 5.41) is 2.99. The molecule has 0 saturated carbocycles. The minimum atomic E-state index is -3.66. The fraction of sp³-hybridized carbons (Fsp3) is 0.350. The first-order chi connectivity index (χ1) is 15.4. The fourth-order valence-electron chi connectivity index (χ4n) is 3.05. The Morgan fingerprint density at radius 2 is 1.85 bits per heavy atom. The van der Waals surface area contributed by atoms with Gasteiger partial charge in [0, 0.05) is 19.1 Å². The quantitative estimate of drug-likeness (QED) is 0.524. The first-order valence-corrected chi connectivity index (χ1v) is 13.4. The summed E-state index contributed by atoms with van der Waals surface area (Å²) in [6.45, 7) is 0.0453. The van der Waals surface area contributed by atoms with Crippen LogP contribution in [0.2, 0.25) is 5.02 Å². The molecule has 1 heterocycles. The van der Waals surface area contributed by atoms with E-state index in [-0.39, 0.29) is 36.0 Å². The maximum absolute atomic E-state index is 12.6. The van der Waals surface area contributed by atoms with Crippen LogP contribution in [-0.2, 0) is 24.8 Å². The number of anilines is 1. The van der Waals surface area contributed by atoms with Gasteiger partial charge in [-0.1, -0.05) is 11.6 Å². The molecule has 1 amide bonds. The lowest BCUT2D eigenvalue weighted by Crippen LogP contribution is -2.51. The summed E-state index contributed by atoms with van der Waals surface area (Å²) in [5.41, 5.74) is 0.275. The van der Waals surface area contributed by atoms with E-state index in [0.717, 1.165) is 14.9 Å². The molecular weight excluding hydrogens is 494 g/mol. The molecule has 0 unspecified atom stereocenters. The topological polar surface area (TPSA) is 122 Å².